The van der Waals surface area contributed by atoms with Crippen molar-refractivity contribution in [3.05, 3.63) is 0 Å². The maximum atomic E-state index is 11.4. The number of hydrogen-bond donors (Lipinski definition) is 2. The number of unbranched alkanes of at least 4 members (excludes halogenated alkanes) is 1. The average Bonchev–Trinajstić information content (AvgIpc) is 2.33. The molecule has 1 rings (SSSR count). The normalized spacial score (nSPS) is 30.1. The molecule has 0 radical (unpaired) electrons. The second kappa shape index (κ2) is 7.13. The van der Waals surface area contributed by atoms with E-state index in [-0.39, 0.29) is 0 Å². The lowest BCUT2D eigenvalue weighted by atomic mass is 9.70. The summed E-state index contributed by atoms with van der Waals surface area (Å²) in [5, 5.41) is 20.0. The predicted octanol–water partition coefficient (Wildman–Crippen LogP) is 3.60. The first-order valence-corrected chi connectivity index (χ1v) is 7.48. The van der Waals surface area contributed by atoms with E-state index in [1.807, 2.05) is 0 Å². The number of rotatable bonds is 7. The van der Waals surface area contributed by atoms with E-state index < -0.39 is 17.5 Å². The van der Waals surface area contributed by atoms with Crippen molar-refractivity contribution in [1.29, 1.82) is 0 Å². The summed E-state index contributed by atoms with van der Waals surface area (Å²) in [4.78, 5) is 11.4. The van der Waals surface area contributed by atoms with Crippen molar-refractivity contribution in [3.8, 4) is 0 Å². The Bertz CT molecular complexity index is 254. The van der Waals surface area contributed by atoms with E-state index in [1.54, 1.807) is 0 Å². The Morgan fingerprint density at radius 3 is 2.33 bits per heavy atom. The van der Waals surface area contributed by atoms with Gasteiger partial charge in [0.1, 0.15) is 0 Å². The Labute approximate surface area is 111 Å². The largest absolute Gasteiger partial charge is 0.481 e. The molecule has 0 saturated heterocycles. The van der Waals surface area contributed by atoms with Gasteiger partial charge in [-0.1, -0.05) is 39.5 Å². The standard InChI is InChI=1S/C15H28O3/c1-3-5-7-13(14(16)17)15(18)10-8-12(6-4-2)9-11-15/h12-13,18H,3-11H2,1-2H3,(H,16,17). The Hall–Kier alpha value is -0.570. The molecule has 0 amide bonds. The number of carbonyl (C=O) groups is 1. The fraction of sp³-hybridized carbons (Fsp3) is 0.933. The predicted molar refractivity (Wildman–Crippen MR) is 72.5 cm³/mol. The molecule has 1 aliphatic rings. The van der Waals surface area contributed by atoms with E-state index in [0.29, 0.717) is 25.2 Å². The highest BCUT2D eigenvalue weighted by molar-refractivity contribution is 5.71. The maximum Gasteiger partial charge on any atom is 0.309 e. The summed E-state index contributed by atoms with van der Waals surface area (Å²) in [6.07, 6.45) is 8.18. The molecule has 0 spiro atoms. The van der Waals surface area contributed by atoms with Gasteiger partial charge in [0.15, 0.2) is 0 Å². The fourth-order valence-electron chi connectivity index (χ4n) is 3.25. The molecule has 0 aromatic rings. The number of carboxylic acid groups (broad SMARTS) is 1. The molecule has 0 aliphatic heterocycles. The van der Waals surface area contributed by atoms with Gasteiger partial charge in [0.2, 0.25) is 0 Å². The third-order valence-electron chi connectivity index (χ3n) is 4.46. The van der Waals surface area contributed by atoms with Crippen LogP contribution >= 0.6 is 0 Å². The lowest BCUT2D eigenvalue weighted by Crippen LogP contribution is -2.45. The van der Waals surface area contributed by atoms with Gasteiger partial charge >= 0.3 is 5.97 Å². The third-order valence-corrected chi connectivity index (χ3v) is 4.46. The minimum atomic E-state index is -0.953. The SMILES string of the molecule is CCCCC(C(=O)O)C1(O)CCC(CCC)CC1. The third kappa shape index (κ3) is 3.98. The van der Waals surface area contributed by atoms with Crippen LogP contribution in [0, 0.1) is 11.8 Å². The molecular formula is C15H28O3. The molecule has 2 N–H and O–H groups in total. The van der Waals surface area contributed by atoms with Crippen LogP contribution in [0.4, 0.5) is 0 Å². The first-order chi connectivity index (χ1) is 8.53. The van der Waals surface area contributed by atoms with E-state index in [4.69, 9.17) is 0 Å². The summed E-state index contributed by atoms with van der Waals surface area (Å²) < 4.78 is 0. The molecule has 0 bridgehead atoms. The molecule has 0 heterocycles. The van der Waals surface area contributed by atoms with E-state index in [0.717, 1.165) is 25.7 Å². The zero-order valence-electron chi connectivity index (χ0n) is 11.8. The molecule has 0 aromatic heterocycles. The second-order valence-corrected chi connectivity index (χ2v) is 5.87. The van der Waals surface area contributed by atoms with Crippen LogP contribution in [0.25, 0.3) is 0 Å². The van der Waals surface area contributed by atoms with Crippen LogP contribution in [0.3, 0.4) is 0 Å². The van der Waals surface area contributed by atoms with E-state index >= 15 is 0 Å². The smallest absolute Gasteiger partial charge is 0.309 e. The van der Waals surface area contributed by atoms with Gasteiger partial charge in [-0.15, -0.1) is 0 Å². The zero-order valence-corrected chi connectivity index (χ0v) is 11.8. The summed E-state index contributed by atoms with van der Waals surface area (Å²) in [6.45, 7) is 4.24. The van der Waals surface area contributed by atoms with Gasteiger partial charge in [0, 0.05) is 0 Å². The first-order valence-electron chi connectivity index (χ1n) is 7.48. The molecule has 18 heavy (non-hydrogen) atoms. The minimum absolute atomic E-state index is 0.569. The van der Waals surface area contributed by atoms with Crippen molar-refractivity contribution in [2.24, 2.45) is 11.8 Å². The Kier molecular flexibility index (Phi) is 6.13. The van der Waals surface area contributed by atoms with Crippen LogP contribution in [0.1, 0.15) is 71.6 Å². The van der Waals surface area contributed by atoms with Crippen LogP contribution in [0.2, 0.25) is 0 Å². The van der Waals surface area contributed by atoms with E-state index in [9.17, 15) is 15.0 Å². The highest BCUT2D eigenvalue weighted by atomic mass is 16.4. The Morgan fingerprint density at radius 2 is 1.89 bits per heavy atom. The van der Waals surface area contributed by atoms with Gasteiger partial charge in [-0.2, -0.15) is 0 Å². The van der Waals surface area contributed by atoms with Crippen LogP contribution in [0.15, 0.2) is 0 Å². The number of aliphatic carboxylic acids is 1. The summed E-state index contributed by atoms with van der Waals surface area (Å²) in [6, 6.07) is 0. The van der Waals surface area contributed by atoms with Crippen molar-refractivity contribution < 1.29 is 15.0 Å². The number of hydrogen-bond acceptors (Lipinski definition) is 2. The monoisotopic (exact) mass is 256 g/mol. The van der Waals surface area contributed by atoms with Gasteiger partial charge in [-0.3, -0.25) is 4.79 Å². The number of carboxylic acids is 1. The second-order valence-electron chi connectivity index (χ2n) is 5.87. The zero-order chi connectivity index (χ0) is 13.6. The van der Waals surface area contributed by atoms with Gasteiger partial charge in [0.25, 0.3) is 0 Å². The van der Waals surface area contributed by atoms with E-state index in [2.05, 4.69) is 13.8 Å². The molecule has 1 saturated carbocycles. The Balaban J connectivity index is 2.58. The summed E-state index contributed by atoms with van der Waals surface area (Å²) in [7, 11) is 0. The van der Waals surface area contributed by atoms with Gasteiger partial charge in [0.05, 0.1) is 11.5 Å². The summed E-state index contributed by atoms with van der Waals surface area (Å²) in [5.41, 5.74) is -0.953. The van der Waals surface area contributed by atoms with Crippen molar-refractivity contribution in [1.82, 2.24) is 0 Å². The molecular weight excluding hydrogens is 228 g/mol. The summed E-state index contributed by atoms with van der Waals surface area (Å²) in [5.74, 6) is -0.698. The van der Waals surface area contributed by atoms with Crippen molar-refractivity contribution in [3.63, 3.8) is 0 Å². The maximum absolute atomic E-state index is 11.4. The Morgan fingerprint density at radius 1 is 1.28 bits per heavy atom. The topological polar surface area (TPSA) is 57.5 Å². The highest BCUT2D eigenvalue weighted by Gasteiger charge is 2.43. The lowest BCUT2D eigenvalue weighted by Gasteiger charge is -2.40. The molecule has 106 valence electrons. The lowest BCUT2D eigenvalue weighted by molar-refractivity contribution is -0.156. The van der Waals surface area contributed by atoms with Crippen LogP contribution in [0.5, 0.6) is 0 Å². The molecule has 1 fully saturated rings. The highest BCUT2D eigenvalue weighted by Crippen LogP contribution is 2.40. The van der Waals surface area contributed by atoms with Gasteiger partial charge in [-0.25, -0.2) is 0 Å². The molecule has 1 aliphatic carbocycles. The van der Waals surface area contributed by atoms with Crippen molar-refractivity contribution in [2.45, 2.75) is 77.2 Å². The molecule has 3 nitrogen and oxygen atoms in total. The molecule has 0 aromatic carbocycles. The van der Waals surface area contributed by atoms with Crippen molar-refractivity contribution in [2.75, 3.05) is 0 Å². The quantitative estimate of drug-likeness (QED) is 0.731. The molecule has 1 unspecified atom stereocenters. The summed E-state index contributed by atoms with van der Waals surface area (Å²) >= 11 is 0. The van der Waals surface area contributed by atoms with Crippen molar-refractivity contribution >= 4 is 5.97 Å². The average molecular weight is 256 g/mol. The van der Waals surface area contributed by atoms with Crippen LogP contribution < -0.4 is 0 Å². The fourth-order valence-corrected chi connectivity index (χ4v) is 3.25. The molecule has 1 atom stereocenters. The van der Waals surface area contributed by atoms with Gasteiger partial charge in [-0.05, 0) is 38.0 Å². The van der Waals surface area contributed by atoms with Crippen LogP contribution in [-0.2, 0) is 4.79 Å². The van der Waals surface area contributed by atoms with Gasteiger partial charge < -0.3 is 10.2 Å². The van der Waals surface area contributed by atoms with Crippen LogP contribution in [-0.4, -0.2) is 21.8 Å². The number of aliphatic hydroxyl groups is 1. The first kappa shape index (κ1) is 15.5. The van der Waals surface area contributed by atoms with E-state index in [1.165, 1.54) is 12.8 Å². The minimum Gasteiger partial charge on any atom is -0.481 e. The molecule has 3 heteroatoms.